The first kappa shape index (κ1) is 19.8. The van der Waals surface area contributed by atoms with Crippen molar-refractivity contribution in [3.8, 4) is 11.8 Å². The Morgan fingerprint density at radius 1 is 1.31 bits per heavy atom. The predicted octanol–water partition coefficient (Wildman–Crippen LogP) is 2.62. The van der Waals surface area contributed by atoms with Gasteiger partial charge in [-0.25, -0.2) is 0 Å². The van der Waals surface area contributed by atoms with Gasteiger partial charge in [0, 0.05) is 5.56 Å². The van der Waals surface area contributed by atoms with E-state index in [0.29, 0.717) is 18.1 Å². The molecule has 1 aromatic rings. The van der Waals surface area contributed by atoms with Crippen molar-refractivity contribution in [1.82, 2.24) is 4.90 Å². The van der Waals surface area contributed by atoms with Gasteiger partial charge in [0.15, 0.2) is 0 Å². The molecular formula is C20H27N3O3. The second-order valence-corrected chi connectivity index (χ2v) is 6.86. The fourth-order valence-corrected chi connectivity index (χ4v) is 3.65. The number of nitrogens with zero attached hydrogens (tertiary/aromatic N) is 2. The number of carbonyl (C=O) groups is 2. The highest BCUT2D eigenvalue weighted by atomic mass is 16.5. The fraction of sp³-hybridized carbons (Fsp3) is 0.550. The number of nitriles is 1. The van der Waals surface area contributed by atoms with Gasteiger partial charge in [0.1, 0.15) is 18.2 Å². The minimum atomic E-state index is -0.874. The number of ether oxygens (including phenoxy) is 1. The molecule has 2 rings (SSSR count). The van der Waals surface area contributed by atoms with Crippen LogP contribution < -0.4 is 10.5 Å². The Labute approximate surface area is 154 Å². The molecule has 6 heteroatoms. The SMILES string of the molecule is COc1ccccc1CN(CC#N)C(=O)C(CC1CCCCC1)C(N)=O. The standard InChI is InChI=1S/C20H27N3O3/c1-26-18-10-6-5-9-16(18)14-23(12-11-21)20(25)17(19(22)24)13-15-7-3-2-4-8-15/h5-6,9-10,15,17H,2-4,7-8,12-14H2,1H3,(H2,22,24). The van der Waals surface area contributed by atoms with Crippen molar-refractivity contribution >= 4 is 11.8 Å². The molecule has 6 nitrogen and oxygen atoms in total. The van der Waals surface area contributed by atoms with E-state index in [2.05, 4.69) is 0 Å². The van der Waals surface area contributed by atoms with Gasteiger partial charge < -0.3 is 15.4 Å². The average Bonchev–Trinajstić information content (AvgIpc) is 2.66. The number of carbonyl (C=O) groups excluding carboxylic acids is 2. The van der Waals surface area contributed by atoms with Crippen molar-refractivity contribution in [3.63, 3.8) is 0 Å². The number of amides is 2. The summed E-state index contributed by atoms with van der Waals surface area (Å²) >= 11 is 0. The number of hydrogen-bond donors (Lipinski definition) is 1. The number of nitrogens with two attached hydrogens (primary N) is 1. The monoisotopic (exact) mass is 357 g/mol. The Morgan fingerprint density at radius 2 is 2.00 bits per heavy atom. The first-order chi connectivity index (χ1) is 12.6. The van der Waals surface area contributed by atoms with E-state index in [1.807, 2.05) is 24.3 Å². The van der Waals surface area contributed by atoms with Crippen LogP contribution in [0.25, 0.3) is 0 Å². The number of primary amides is 1. The molecule has 1 aliphatic carbocycles. The van der Waals surface area contributed by atoms with E-state index in [9.17, 15) is 9.59 Å². The van der Waals surface area contributed by atoms with Gasteiger partial charge in [-0.05, 0) is 18.4 Å². The lowest BCUT2D eigenvalue weighted by Gasteiger charge is -2.28. The highest BCUT2D eigenvalue weighted by Crippen LogP contribution is 2.30. The molecule has 2 N–H and O–H groups in total. The van der Waals surface area contributed by atoms with Crippen molar-refractivity contribution < 1.29 is 14.3 Å². The lowest BCUT2D eigenvalue weighted by atomic mass is 9.82. The zero-order valence-corrected chi connectivity index (χ0v) is 15.3. The van der Waals surface area contributed by atoms with Crippen molar-refractivity contribution in [2.24, 2.45) is 17.6 Å². The molecule has 1 atom stereocenters. The molecule has 1 unspecified atom stereocenters. The predicted molar refractivity (Wildman–Crippen MR) is 97.9 cm³/mol. The summed E-state index contributed by atoms with van der Waals surface area (Å²) in [6, 6.07) is 9.35. The summed E-state index contributed by atoms with van der Waals surface area (Å²) in [6.07, 6.45) is 6.01. The topological polar surface area (TPSA) is 96.4 Å². The van der Waals surface area contributed by atoms with E-state index < -0.39 is 11.8 Å². The number of rotatable bonds is 8. The zero-order valence-electron chi connectivity index (χ0n) is 15.3. The summed E-state index contributed by atoms with van der Waals surface area (Å²) in [5.41, 5.74) is 6.34. The van der Waals surface area contributed by atoms with Gasteiger partial charge in [-0.1, -0.05) is 50.3 Å². The molecule has 0 radical (unpaired) electrons. The number of methoxy groups -OCH3 is 1. The summed E-state index contributed by atoms with van der Waals surface area (Å²) < 4.78 is 5.32. The van der Waals surface area contributed by atoms with Crippen LogP contribution in [0, 0.1) is 23.2 Å². The quantitative estimate of drug-likeness (QED) is 0.571. The molecule has 0 heterocycles. The second-order valence-electron chi connectivity index (χ2n) is 6.86. The van der Waals surface area contributed by atoms with Crippen molar-refractivity contribution in [1.29, 1.82) is 5.26 Å². The summed E-state index contributed by atoms with van der Waals surface area (Å²) in [5.74, 6) is -0.855. The lowest BCUT2D eigenvalue weighted by Crippen LogP contribution is -2.42. The smallest absolute Gasteiger partial charge is 0.236 e. The Kier molecular flexibility index (Phi) is 7.46. The van der Waals surface area contributed by atoms with Gasteiger partial charge in [-0.15, -0.1) is 0 Å². The second kappa shape index (κ2) is 9.81. The van der Waals surface area contributed by atoms with Gasteiger partial charge in [-0.2, -0.15) is 5.26 Å². The lowest BCUT2D eigenvalue weighted by molar-refractivity contribution is -0.142. The van der Waals surface area contributed by atoms with E-state index in [0.717, 1.165) is 31.2 Å². The summed E-state index contributed by atoms with van der Waals surface area (Å²) in [5, 5.41) is 9.14. The molecular weight excluding hydrogens is 330 g/mol. The first-order valence-corrected chi connectivity index (χ1v) is 9.13. The van der Waals surface area contributed by atoms with Crippen LogP contribution in [0.2, 0.25) is 0 Å². The minimum absolute atomic E-state index is 0.0919. The van der Waals surface area contributed by atoms with E-state index in [4.69, 9.17) is 15.7 Å². The normalized spacial score (nSPS) is 15.7. The van der Waals surface area contributed by atoms with Crippen LogP contribution in [0.15, 0.2) is 24.3 Å². The molecule has 1 saturated carbocycles. The van der Waals surface area contributed by atoms with Gasteiger partial charge in [-0.3, -0.25) is 9.59 Å². The third-order valence-electron chi connectivity index (χ3n) is 5.06. The Bertz CT molecular complexity index is 663. The summed E-state index contributed by atoms with van der Waals surface area (Å²) in [7, 11) is 1.56. The highest BCUT2D eigenvalue weighted by molar-refractivity contribution is 5.99. The largest absolute Gasteiger partial charge is 0.496 e. The van der Waals surface area contributed by atoms with Crippen LogP contribution in [0.4, 0.5) is 0 Å². The van der Waals surface area contributed by atoms with Crippen LogP contribution in [0.5, 0.6) is 5.75 Å². The summed E-state index contributed by atoms with van der Waals surface area (Å²) in [4.78, 5) is 26.4. The van der Waals surface area contributed by atoms with Crippen LogP contribution in [0.3, 0.4) is 0 Å². The van der Waals surface area contributed by atoms with E-state index >= 15 is 0 Å². The molecule has 1 fully saturated rings. The Balaban J connectivity index is 2.15. The van der Waals surface area contributed by atoms with Gasteiger partial charge in [0.2, 0.25) is 11.8 Å². The van der Waals surface area contributed by atoms with Crippen LogP contribution in [-0.2, 0) is 16.1 Å². The maximum absolute atomic E-state index is 13.0. The van der Waals surface area contributed by atoms with Crippen LogP contribution in [-0.4, -0.2) is 30.4 Å². The van der Waals surface area contributed by atoms with Gasteiger partial charge in [0.05, 0.1) is 19.7 Å². The van der Waals surface area contributed by atoms with Gasteiger partial charge >= 0.3 is 0 Å². The average molecular weight is 357 g/mol. The minimum Gasteiger partial charge on any atom is -0.496 e. The molecule has 1 aromatic carbocycles. The van der Waals surface area contributed by atoms with Crippen molar-refractivity contribution in [3.05, 3.63) is 29.8 Å². The summed E-state index contributed by atoms with van der Waals surface area (Å²) in [6.45, 7) is 0.121. The number of benzene rings is 1. The van der Waals surface area contributed by atoms with E-state index in [-0.39, 0.29) is 19.0 Å². The number of para-hydroxylation sites is 1. The molecule has 0 aromatic heterocycles. The molecule has 0 aliphatic heterocycles. The van der Waals surface area contributed by atoms with E-state index in [1.54, 1.807) is 13.2 Å². The van der Waals surface area contributed by atoms with Crippen LogP contribution in [0.1, 0.15) is 44.1 Å². The molecule has 140 valence electrons. The molecule has 26 heavy (non-hydrogen) atoms. The molecule has 0 spiro atoms. The van der Waals surface area contributed by atoms with Crippen LogP contribution >= 0.6 is 0 Å². The highest BCUT2D eigenvalue weighted by Gasteiger charge is 2.32. The Morgan fingerprint density at radius 3 is 2.62 bits per heavy atom. The maximum atomic E-state index is 13.0. The third kappa shape index (κ3) is 5.22. The first-order valence-electron chi connectivity index (χ1n) is 9.13. The molecule has 0 saturated heterocycles. The molecule has 1 aliphatic rings. The maximum Gasteiger partial charge on any atom is 0.236 e. The molecule has 2 amide bonds. The van der Waals surface area contributed by atoms with Crippen molar-refractivity contribution in [2.75, 3.05) is 13.7 Å². The van der Waals surface area contributed by atoms with Gasteiger partial charge in [0.25, 0.3) is 0 Å². The van der Waals surface area contributed by atoms with E-state index in [1.165, 1.54) is 11.3 Å². The molecule has 0 bridgehead atoms. The zero-order chi connectivity index (χ0) is 18.9. The van der Waals surface area contributed by atoms with Crippen molar-refractivity contribution in [2.45, 2.75) is 45.1 Å². The number of hydrogen-bond acceptors (Lipinski definition) is 4. The third-order valence-corrected chi connectivity index (χ3v) is 5.06. The Hall–Kier alpha value is -2.55. The fourth-order valence-electron chi connectivity index (χ4n) is 3.65.